The SMILES string of the molecule is CN(C)N(C)C(=O)[C@@]1(Cc2ccccc2)CCCN(C(=O)[C@H](Cc2c[nH]c3ccccc23)C(C)(C)C(N)=O)C1.Cl. The Morgan fingerprint density at radius 3 is 2.35 bits per heavy atom. The summed E-state index contributed by atoms with van der Waals surface area (Å²) in [4.78, 5) is 46.1. The Balaban J connectivity index is 0.00000441. The average Bonchev–Trinajstić information content (AvgIpc) is 3.33. The summed E-state index contributed by atoms with van der Waals surface area (Å²) >= 11 is 0. The minimum Gasteiger partial charge on any atom is -0.369 e. The standard InChI is InChI=1S/C31H41N5O3.ClH/c1-30(2,28(32)38)25(18-23-20-33-26-15-10-9-14-24(23)26)27(37)36-17-11-16-31(21-36,29(39)35(5)34(3)4)19-22-12-7-6-8-13-22;/h6-10,12-15,20,25,33H,11,16-19,21H2,1-5H3,(H2,32,38);1H/t25-,31+;/m0./s1. The van der Waals surface area contributed by atoms with Gasteiger partial charge in [-0.15, -0.1) is 12.4 Å². The molecule has 0 saturated carbocycles. The van der Waals surface area contributed by atoms with Crippen LogP contribution in [0.25, 0.3) is 10.9 Å². The van der Waals surface area contributed by atoms with Crippen LogP contribution in [0.5, 0.6) is 0 Å². The normalized spacial score (nSPS) is 18.3. The van der Waals surface area contributed by atoms with Crippen molar-refractivity contribution in [2.75, 3.05) is 34.2 Å². The summed E-state index contributed by atoms with van der Waals surface area (Å²) in [5.74, 6) is -1.35. The minimum absolute atomic E-state index is 0. The van der Waals surface area contributed by atoms with Crippen molar-refractivity contribution in [1.29, 1.82) is 0 Å². The predicted molar refractivity (Wildman–Crippen MR) is 161 cm³/mol. The van der Waals surface area contributed by atoms with Gasteiger partial charge in [0.05, 0.1) is 16.7 Å². The van der Waals surface area contributed by atoms with E-state index in [2.05, 4.69) is 4.98 Å². The maximum absolute atomic E-state index is 14.4. The Morgan fingerprint density at radius 1 is 1.05 bits per heavy atom. The number of nitrogens with zero attached hydrogens (tertiary/aromatic N) is 3. The van der Waals surface area contributed by atoms with Crippen LogP contribution in [0.3, 0.4) is 0 Å². The van der Waals surface area contributed by atoms with Crippen molar-refractivity contribution in [2.45, 2.75) is 39.5 Å². The van der Waals surface area contributed by atoms with E-state index >= 15 is 0 Å². The number of nitrogens with one attached hydrogen (secondary N) is 1. The molecule has 0 aliphatic carbocycles. The second kappa shape index (κ2) is 12.4. The number of piperidine rings is 1. The highest BCUT2D eigenvalue weighted by Gasteiger charge is 2.48. The number of hydrogen-bond acceptors (Lipinski definition) is 4. The van der Waals surface area contributed by atoms with Crippen molar-refractivity contribution in [3.63, 3.8) is 0 Å². The molecule has 9 heteroatoms. The van der Waals surface area contributed by atoms with Gasteiger partial charge in [0, 0.05) is 51.3 Å². The quantitative estimate of drug-likeness (QED) is 0.381. The molecule has 1 aliphatic heterocycles. The lowest BCUT2D eigenvalue weighted by Gasteiger charge is -2.46. The molecule has 2 atom stereocenters. The minimum atomic E-state index is -1.08. The Labute approximate surface area is 243 Å². The molecule has 216 valence electrons. The summed E-state index contributed by atoms with van der Waals surface area (Å²) in [6.45, 7) is 4.32. The Bertz CT molecular complexity index is 1340. The highest BCUT2D eigenvalue weighted by molar-refractivity contribution is 5.91. The molecule has 2 aromatic carbocycles. The van der Waals surface area contributed by atoms with Crippen LogP contribution in [-0.2, 0) is 27.2 Å². The third-order valence-corrected chi connectivity index (χ3v) is 8.52. The predicted octanol–water partition coefficient (Wildman–Crippen LogP) is 4.05. The number of hydrazine groups is 1. The number of fused-ring (bicyclic) bond motifs is 1. The van der Waals surface area contributed by atoms with Gasteiger partial charge in [-0.25, -0.2) is 5.01 Å². The highest BCUT2D eigenvalue weighted by Crippen LogP contribution is 2.39. The van der Waals surface area contributed by atoms with Gasteiger partial charge >= 0.3 is 0 Å². The number of aromatic amines is 1. The first-order chi connectivity index (χ1) is 18.5. The summed E-state index contributed by atoms with van der Waals surface area (Å²) in [6.07, 6.45) is 4.18. The van der Waals surface area contributed by atoms with Crippen molar-refractivity contribution in [1.82, 2.24) is 19.9 Å². The van der Waals surface area contributed by atoms with Crippen molar-refractivity contribution < 1.29 is 14.4 Å². The van der Waals surface area contributed by atoms with Gasteiger partial charge in [0.15, 0.2) is 0 Å². The second-order valence-electron chi connectivity index (χ2n) is 11.7. The fourth-order valence-corrected chi connectivity index (χ4v) is 5.79. The van der Waals surface area contributed by atoms with Crippen LogP contribution >= 0.6 is 12.4 Å². The van der Waals surface area contributed by atoms with Crippen LogP contribution in [0.15, 0.2) is 60.8 Å². The number of halogens is 1. The van der Waals surface area contributed by atoms with Gasteiger partial charge in [-0.3, -0.25) is 19.4 Å². The van der Waals surface area contributed by atoms with E-state index in [-0.39, 0.29) is 30.8 Å². The number of primary amides is 1. The molecular weight excluding hydrogens is 526 g/mol. The number of para-hydroxylation sites is 1. The van der Waals surface area contributed by atoms with Gasteiger partial charge in [0.1, 0.15) is 0 Å². The number of nitrogens with two attached hydrogens (primary N) is 1. The van der Waals surface area contributed by atoms with Crippen molar-refractivity contribution in [2.24, 2.45) is 22.5 Å². The lowest BCUT2D eigenvalue weighted by Crippen LogP contribution is -2.58. The highest BCUT2D eigenvalue weighted by atomic mass is 35.5. The molecule has 1 aliphatic rings. The molecule has 3 N–H and O–H groups in total. The van der Waals surface area contributed by atoms with Gasteiger partial charge in [0.2, 0.25) is 17.7 Å². The van der Waals surface area contributed by atoms with Gasteiger partial charge in [-0.1, -0.05) is 62.4 Å². The van der Waals surface area contributed by atoms with E-state index in [1.807, 2.05) is 74.9 Å². The fraction of sp³-hybridized carbons (Fsp3) is 0.452. The van der Waals surface area contributed by atoms with Crippen LogP contribution in [0, 0.1) is 16.7 Å². The first-order valence-electron chi connectivity index (χ1n) is 13.6. The summed E-state index contributed by atoms with van der Waals surface area (Å²) in [5, 5.41) is 4.43. The third kappa shape index (κ3) is 6.18. The van der Waals surface area contributed by atoms with Gasteiger partial charge in [-0.05, 0) is 42.9 Å². The maximum Gasteiger partial charge on any atom is 0.244 e. The van der Waals surface area contributed by atoms with E-state index in [1.165, 1.54) is 0 Å². The topological polar surface area (TPSA) is 103 Å². The number of rotatable bonds is 9. The number of aromatic nitrogens is 1. The van der Waals surface area contributed by atoms with E-state index in [1.54, 1.807) is 35.8 Å². The molecule has 2 heterocycles. The van der Waals surface area contributed by atoms with E-state index in [0.717, 1.165) is 22.0 Å². The summed E-state index contributed by atoms with van der Waals surface area (Å²) in [5.41, 5.74) is 7.01. The van der Waals surface area contributed by atoms with Crippen LogP contribution in [0.4, 0.5) is 0 Å². The molecule has 40 heavy (non-hydrogen) atoms. The first-order valence-corrected chi connectivity index (χ1v) is 13.6. The van der Waals surface area contributed by atoms with Crippen LogP contribution in [0.1, 0.15) is 37.8 Å². The summed E-state index contributed by atoms with van der Waals surface area (Å²) in [7, 11) is 5.45. The van der Waals surface area contributed by atoms with E-state index in [0.29, 0.717) is 32.2 Å². The Kier molecular flexibility index (Phi) is 9.69. The molecule has 1 fully saturated rings. The molecule has 0 bridgehead atoms. The largest absolute Gasteiger partial charge is 0.369 e. The number of carbonyl (C=O) groups is 3. The molecule has 1 aromatic heterocycles. The van der Waals surface area contributed by atoms with Crippen molar-refractivity contribution in [3.05, 3.63) is 71.9 Å². The smallest absolute Gasteiger partial charge is 0.244 e. The van der Waals surface area contributed by atoms with Crippen molar-refractivity contribution in [3.8, 4) is 0 Å². The monoisotopic (exact) mass is 567 g/mol. The van der Waals surface area contributed by atoms with Crippen LogP contribution in [0.2, 0.25) is 0 Å². The Hall–Kier alpha value is -3.36. The van der Waals surface area contributed by atoms with E-state index < -0.39 is 22.7 Å². The third-order valence-electron chi connectivity index (χ3n) is 8.52. The molecule has 3 aromatic rings. The van der Waals surface area contributed by atoms with E-state index in [9.17, 15) is 14.4 Å². The number of benzene rings is 2. The summed E-state index contributed by atoms with van der Waals surface area (Å²) in [6, 6.07) is 17.9. The molecule has 4 rings (SSSR count). The zero-order chi connectivity index (χ0) is 28.4. The molecule has 0 spiro atoms. The molecule has 0 unspecified atom stereocenters. The molecule has 1 saturated heterocycles. The molecule has 0 radical (unpaired) electrons. The van der Waals surface area contributed by atoms with E-state index in [4.69, 9.17) is 5.73 Å². The number of amides is 3. The van der Waals surface area contributed by atoms with Crippen LogP contribution < -0.4 is 5.73 Å². The summed E-state index contributed by atoms with van der Waals surface area (Å²) < 4.78 is 0. The maximum atomic E-state index is 14.4. The molecule has 8 nitrogen and oxygen atoms in total. The van der Waals surface area contributed by atoms with Gasteiger partial charge in [-0.2, -0.15) is 0 Å². The first kappa shape index (κ1) is 31.2. The fourth-order valence-electron chi connectivity index (χ4n) is 5.79. The average molecular weight is 568 g/mol. The number of carbonyl (C=O) groups excluding carboxylic acids is 3. The Morgan fingerprint density at radius 2 is 1.70 bits per heavy atom. The van der Waals surface area contributed by atoms with Crippen molar-refractivity contribution >= 4 is 41.0 Å². The molecular formula is C31H42ClN5O3. The lowest BCUT2D eigenvalue weighted by molar-refractivity contribution is -0.161. The number of hydrogen-bond donors (Lipinski definition) is 2. The lowest BCUT2D eigenvalue weighted by atomic mass is 9.71. The van der Waals surface area contributed by atoms with Gasteiger partial charge in [0.25, 0.3) is 0 Å². The zero-order valence-electron chi connectivity index (χ0n) is 24.1. The zero-order valence-corrected chi connectivity index (χ0v) is 25.0. The van der Waals surface area contributed by atoms with Gasteiger partial charge < -0.3 is 15.6 Å². The second-order valence-corrected chi connectivity index (χ2v) is 11.7. The number of H-pyrrole nitrogens is 1. The molecule has 3 amide bonds. The number of likely N-dealkylation sites (tertiary alicyclic amines) is 1. The van der Waals surface area contributed by atoms with Crippen LogP contribution in [-0.4, -0.2) is 71.9 Å².